The molecule has 3 rings (SSSR count). The highest BCUT2D eigenvalue weighted by Gasteiger charge is 2.16. The summed E-state index contributed by atoms with van der Waals surface area (Å²) in [6, 6.07) is 11.2. The standard InChI is InChI=1S/C20H16N4O4/c1-3-10-23-20(26)16-7-5-4-6-15(16)17(22-23)12-21-19(25)14-9-8-13(2)18(11-14)24(27)28/h1,4-9,11H,10,12H2,2H3,(H,21,25). The van der Waals surface area contributed by atoms with E-state index >= 15 is 0 Å². The van der Waals surface area contributed by atoms with Crippen LogP contribution < -0.4 is 10.9 Å². The van der Waals surface area contributed by atoms with E-state index in [0.29, 0.717) is 22.0 Å². The van der Waals surface area contributed by atoms with E-state index in [1.165, 1.54) is 22.9 Å². The van der Waals surface area contributed by atoms with Crippen molar-refractivity contribution in [1.82, 2.24) is 15.1 Å². The maximum atomic E-state index is 12.5. The predicted molar refractivity (Wildman–Crippen MR) is 104 cm³/mol. The number of nitro benzene ring substituents is 1. The Morgan fingerprint density at radius 2 is 2.00 bits per heavy atom. The normalized spacial score (nSPS) is 10.4. The van der Waals surface area contributed by atoms with Crippen molar-refractivity contribution in [2.24, 2.45) is 0 Å². The van der Waals surface area contributed by atoms with Gasteiger partial charge in [0.15, 0.2) is 0 Å². The van der Waals surface area contributed by atoms with E-state index in [4.69, 9.17) is 6.42 Å². The Kier molecular flexibility index (Phi) is 5.18. The van der Waals surface area contributed by atoms with Crippen LogP contribution in [-0.2, 0) is 13.1 Å². The molecule has 8 nitrogen and oxygen atoms in total. The fraction of sp³-hybridized carbons (Fsp3) is 0.150. The average molecular weight is 376 g/mol. The fourth-order valence-corrected chi connectivity index (χ4v) is 2.84. The van der Waals surface area contributed by atoms with Gasteiger partial charge in [0, 0.05) is 22.6 Å². The third-order valence-corrected chi connectivity index (χ3v) is 4.27. The van der Waals surface area contributed by atoms with Gasteiger partial charge in [0.2, 0.25) is 0 Å². The number of rotatable bonds is 5. The summed E-state index contributed by atoms with van der Waals surface area (Å²) >= 11 is 0. The minimum Gasteiger partial charge on any atom is -0.346 e. The number of nitrogens with one attached hydrogen (secondary N) is 1. The van der Waals surface area contributed by atoms with Crippen LogP contribution in [0.1, 0.15) is 21.6 Å². The highest BCUT2D eigenvalue weighted by molar-refractivity contribution is 5.95. The van der Waals surface area contributed by atoms with E-state index in [-0.39, 0.29) is 29.9 Å². The minimum atomic E-state index is -0.531. The summed E-state index contributed by atoms with van der Waals surface area (Å²) < 4.78 is 1.17. The number of carbonyl (C=O) groups excluding carboxylic acids is 1. The van der Waals surface area contributed by atoms with Gasteiger partial charge in [0.1, 0.15) is 6.54 Å². The van der Waals surface area contributed by atoms with Crippen molar-refractivity contribution >= 4 is 22.4 Å². The number of carbonyl (C=O) groups is 1. The molecule has 1 N–H and O–H groups in total. The molecule has 140 valence electrons. The quantitative estimate of drug-likeness (QED) is 0.417. The van der Waals surface area contributed by atoms with Crippen molar-refractivity contribution < 1.29 is 9.72 Å². The number of fused-ring (bicyclic) bond motifs is 1. The first kappa shape index (κ1) is 18.8. The summed E-state index contributed by atoms with van der Waals surface area (Å²) in [5, 5.41) is 19.1. The number of amides is 1. The fourth-order valence-electron chi connectivity index (χ4n) is 2.84. The first-order chi connectivity index (χ1) is 13.4. The van der Waals surface area contributed by atoms with Crippen LogP contribution >= 0.6 is 0 Å². The van der Waals surface area contributed by atoms with Crippen molar-refractivity contribution in [1.29, 1.82) is 0 Å². The average Bonchev–Trinajstić information content (AvgIpc) is 2.69. The Morgan fingerprint density at radius 3 is 2.68 bits per heavy atom. The molecule has 1 aromatic heterocycles. The van der Waals surface area contributed by atoms with E-state index in [1.54, 1.807) is 31.2 Å². The van der Waals surface area contributed by atoms with Crippen LogP contribution in [0.25, 0.3) is 10.8 Å². The van der Waals surface area contributed by atoms with Crippen LogP contribution in [-0.4, -0.2) is 20.6 Å². The van der Waals surface area contributed by atoms with Crippen LogP contribution in [0.5, 0.6) is 0 Å². The molecular weight excluding hydrogens is 360 g/mol. The largest absolute Gasteiger partial charge is 0.346 e. The molecule has 0 aliphatic carbocycles. The summed E-state index contributed by atoms with van der Waals surface area (Å²) in [5.74, 6) is 1.90. The van der Waals surface area contributed by atoms with Gasteiger partial charge in [0.25, 0.3) is 17.2 Å². The smallest absolute Gasteiger partial charge is 0.275 e. The molecule has 0 aliphatic heterocycles. The van der Waals surface area contributed by atoms with Gasteiger partial charge in [-0.3, -0.25) is 19.7 Å². The molecule has 0 bridgehead atoms. The second-order valence-corrected chi connectivity index (χ2v) is 6.10. The molecule has 0 saturated heterocycles. The summed E-state index contributed by atoms with van der Waals surface area (Å²) in [5.41, 5.74) is 0.672. The summed E-state index contributed by atoms with van der Waals surface area (Å²) in [6.07, 6.45) is 5.30. The summed E-state index contributed by atoms with van der Waals surface area (Å²) in [6.45, 7) is 1.64. The van der Waals surface area contributed by atoms with E-state index in [1.807, 2.05) is 0 Å². The van der Waals surface area contributed by atoms with Crippen LogP contribution in [0.4, 0.5) is 5.69 Å². The van der Waals surface area contributed by atoms with Crippen LogP contribution in [0.15, 0.2) is 47.3 Å². The maximum Gasteiger partial charge on any atom is 0.275 e. The predicted octanol–water partition coefficient (Wildman–Crippen LogP) is 2.18. The molecule has 28 heavy (non-hydrogen) atoms. The molecule has 3 aromatic rings. The topological polar surface area (TPSA) is 107 Å². The second kappa shape index (κ2) is 7.72. The van der Waals surface area contributed by atoms with Gasteiger partial charge in [-0.05, 0) is 19.1 Å². The number of terminal acetylenes is 1. The Morgan fingerprint density at radius 1 is 1.29 bits per heavy atom. The number of aryl methyl sites for hydroxylation is 1. The third kappa shape index (κ3) is 3.59. The number of aromatic nitrogens is 2. The van der Waals surface area contributed by atoms with Crippen LogP contribution in [0.2, 0.25) is 0 Å². The molecule has 0 saturated carbocycles. The zero-order chi connectivity index (χ0) is 20.3. The lowest BCUT2D eigenvalue weighted by Gasteiger charge is -2.10. The number of hydrogen-bond acceptors (Lipinski definition) is 5. The maximum absolute atomic E-state index is 12.5. The first-order valence-corrected chi connectivity index (χ1v) is 8.38. The van der Waals surface area contributed by atoms with Crippen molar-refractivity contribution in [3.63, 3.8) is 0 Å². The Hall–Kier alpha value is -3.99. The number of nitro groups is 1. The monoisotopic (exact) mass is 376 g/mol. The van der Waals surface area contributed by atoms with Crippen molar-refractivity contribution in [3.8, 4) is 12.3 Å². The molecule has 2 aromatic carbocycles. The zero-order valence-electron chi connectivity index (χ0n) is 15.0. The number of benzene rings is 2. The summed E-state index contributed by atoms with van der Waals surface area (Å²) in [7, 11) is 0. The number of hydrogen-bond donors (Lipinski definition) is 1. The Labute approximate surface area is 160 Å². The molecule has 1 heterocycles. The molecule has 0 fully saturated rings. The van der Waals surface area contributed by atoms with Gasteiger partial charge in [-0.25, -0.2) is 4.68 Å². The highest BCUT2D eigenvalue weighted by Crippen LogP contribution is 2.19. The van der Waals surface area contributed by atoms with Gasteiger partial charge >= 0.3 is 0 Å². The van der Waals surface area contributed by atoms with E-state index in [9.17, 15) is 19.7 Å². The van der Waals surface area contributed by atoms with Crippen molar-refractivity contribution in [2.75, 3.05) is 0 Å². The van der Waals surface area contributed by atoms with Gasteiger partial charge in [-0.2, -0.15) is 5.10 Å². The first-order valence-electron chi connectivity index (χ1n) is 8.38. The molecule has 0 aliphatic rings. The molecule has 0 unspecified atom stereocenters. The molecule has 0 atom stereocenters. The van der Waals surface area contributed by atoms with Gasteiger partial charge in [0.05, 0.1) is 22.5 Å². The zero-order valence-corrected chi connectivity index (χ0v) is 15.0. The Balaban J connectivity index is 1.92. The number of nitrogens with zero attached hydrogens (tertiary/aromatic N) is 3. The van der Waals surface area contributed by atoms with Gasteiger partial charge < -0.3 is 5.32 Å². The molecular formula is C20H16N4O4. The van der Waals surface area contributed by atoms with Crippen molar-refractivity contribution in [3.05, 3.63) is 79.8 Å². The lowest BCUT2D eigenvalue weighted by atomic mass is 10.1. The van der Waals surface area contributed by atoms with Crippen molar-refractivity contribution in [2.45, 2.75) is 20.0 Å². The SMILES string of the molecule is C#CCn1nc(CNC(=O)c2ccc(C)c([N+](=O)[O-])c2)c2ccccc2c1=O. The summed E-state index contributed by atoms with van der Waals surface area (Å²) in [4.78, 5) is 35.4. The minimum absolute atomic E-state index is 0.00870. The Bertz CT molecular complexity index is 1190. The second-order valence-electron chi connectivity index (χ2n) is 6.10. The molecule has 8 heteroatoms. The molecule has 0 spiro atoms. The molecule has 1 amide bonds. The molecule has 0 radical (unpaired) electrons. The lowest BCUT2D eigenvalue weighted by molar-refractivity contribution is -0.385. The van der Waals surface area contributed by atoms with E-state index in [2.05, 4.69) is 16.3 Å². The lowest BCUT2D eigenvalue weighted by Crippen LogP contribution is -2.28. The van der Waals surface area contributed by atoms with E-state index < -0.39 is 10.8 Å². The van der Waals surface area contributed by atoms with Gasteiger partial charge in [-0.1, -0.05) is 30.2 Å². The third-order valence-electron chi connectivity index (χ3n) is 4.27. The van der Waals surface area contributed by atoms with Crippen LogP contribution in [0.3, 0.4) is 0 Å². The van der Waals surface area contributed by atoms with Gasteiger partial charge in [-0.15, -0.1) is 6.42 Å². The van der Waals surface area contributed by atoms with Crippen LogP contribution in [0, 0.1) is 29.4 Å². The van der Waals surface area contributed by atoms with E-state index in [0.717, 1.165) is 0 Å². The highest BCUT2D eigenvalue weighted by atomic mass is 16.6.